The molecule has 3 rings (SSSR count). The van der Waals surface area contributed by atoms with Gasteiger partial charge in [0.1, 0.15) is 5.01 Å². The number of fused-ring (bicyclic) bond motifs is 1. The van der Waals surface area contributed by atoms with Crippen LogP contribution < -0.4 is 0 Å². The Bertz CT molecular complexity index is 765. The molecule has 3 aromatic rings. The summed E-state index contributed by atoms with van der Waals surface area (Å²) >= 11 is 1.59. The van der Waals surface area contributed by atoms with Gasteiger partial charge in [-0.15, -0.1) is 11.3 Å². The number of aromatic nitrogens is 1. The number of carboxylic acid groups (broad SMARTS) is 1. The molecule has 0 fully saturated rings. The summed E-state index contributed by atoms with van der Waals surface area (Å²) in [5.41, 5.74) is 2.81. The summed E-state index contributed by atoms with van der Waals surface area (Å²) in [7, 11) is 0. The topological polar surface area (TPSA) is 50.2 Å². The predicted molar refractivity (Wildman–Crippen MR) is 81.1 cm³/mol. The van der Waals surface area contributed by atoms with Crippen LogP contribution in [0, 0.1) is 0 Å². The van der Waals surface area contributed by atoms with Crippen molar-refractivity contribution in [1.29, 1.82) is 0 Å². The zero-order chi connectivity index (χ0) is 14.1. The molecule has 100 valence electrons. The van der Waals surface area contributed by atoms with Crippen molar-refractivity contribution in [1.82, 2.24) is 4.98 Å². The highest BCUT2D eigenvalue weighted by molar-refractivity contribution is 7.21. The highest BCUT2D eigenvalue weighted by Gasteiger charge is 2.15. The van der Waals surface area contributed by atoms with Gasteiger partial charge >= 0.3 is 5.97 Å². The van der Waals surface area contributed by atoms with Crippen LogP contribution in [0.5, 0.6) is 0 Å². The molecule has 0 saturated carbocycles. The van der Waals surface area contributed by atoms with E-state index in [2.05, 4.69) is 4.98 Å². The highest BCUT2D eigenvalue weighted by atomic mass is 32.1. The van der Waals surface area contributed by atoms with E-state index in [1.807, 2.05) is 48.5 Å². The summed E-state index contributed by atoms with van der Waals surface area (Å²) in [5.74, 6) is -1.31. The predicted octanol–water partition coefficient (Wildman–Crippen LogP) is 4.15. The zero-order valence-corrected chi connectivity index (χ0v) is 11.7. The molecule has 1 N–H and O–H groups in total. The number of aliphatic carboxylic acids is 1. The maximum atomic E-state index is 11.1. The number of carboxylic acids is 1. The van der Waals surface area contributed by atoms with Gasteiger partial charge in [-0.3, -0.25) is 4.79 Å². The molecule has 1 aromatic heterocycles. The maximum absolute atomic E-state index is 11.1. The lowest BCUT2D eigenvalue weighted by Gasteiger charge is -2.05. The Morgan fingerprint density at radius 1 is 1.20 bits per heavy atom. The van der Waals surface area contributed by atoms with E-state index >= 15 is 0 Å². The molecule has 2 aromatic carbocycles. The molecule has 1 atom stereocenters. The van der Waals surface area contributed by atoms with Crippen LogP contribution in [0.4, 0.5) is 0 Å². The average molecular weight is 283 g/mol. The molecule has 1 unspecified atom stereocenters. The van der Waals surface area contributed by atoms with Crippen LogP contribution in [0.1, 0.15) is 18.4 Å². The standard InChI is InChI=1S/C16H13NO2S/c1-10(16(18)19)12-7-8-13-14(9-12)20-15(17-13)11-5-3-2-4-6-11/h2-10H,1H3,(H,18,19). The fourth-order valence-corrected chi connectivity index (χ4v) is 3.08. The summed E-state index contributed by atoms with van der Waals surface area (Å²) in [6.07, 6.45) is 0. The van der Waals surface area contributed by atoms with E-state index in [-0.39, 0.29) is 0 Å². The maximum Gasteiger partial charge on any atom is 0.310 e. The van der Waals surface area contributed by atoms with Gasteiger partial charge in [-0.1, -0.05) is 36.4 Å². The summed E-state index contributed by atoms with van der Waals surface area (Å²) in [5, 5.41) is 10.0. The fraction of sp³-hybridized carbons (Fsp3) is 0.125. The van der Waals surface area contributed by atoms with Gasteiger partial charge in [0.2, 0.25) is 0 Å². The van der Waals surface area contributed by atoms with E-state index in [1.54, 1.807) is 18.3 Å². The summed E-state index contributed by atoms with van der Waals surface area (Å²) in [6, 6.07) is 15.7. The van der Waals surface area contributed by atoms with E-state index in [0.29, 0.717) is 0 Å². The second kappa shape index (κ2) is 5.06. The smallest absolute Gasteiger partial charge is 0.310 e. The van der Waals surface area contributed by atoms with Crippen LogP contribution >= 0.6 is 11.3 Å². The Kier molecular flexibility index (Phi) is 3.24. The second-order valence-corrected chi connectivity index (χ2v) is 5.70. The van der Waals surface area contributed by atoms with E-state index in [0.717, 1.165) is 26.4 Å². The molecule has 1 heterocycles. The Labute approximate surface area is 120 Å². The lowest BCUT2D eigenvalue weighted by atomic mass is 10.0. The average Bonchev–Trinajstić information content (AvgIpc) is 2.90. The summed E-state index contributed by atoms with van der Waals surface area (Å²) < 4.78 is 1.02. The number of carbonyl (C=O) groups is 1. The molecule has 20 heavy (non-hydrogen) atoms. The minimum Gasteiger partial charge on any atom is -0.481 e. The number of thiazole rings is 1. The molecular weight excluding hydrogens is 270 g/mol. The van der Waals surface area contributed by atoms with Crippen molar-refractivity contribution < 1.29 is 9.90 Å². The van der Waals surface area contributed by atoms with Gasteiger partial charge < -0.3 is 5.11 Å². The van der Waals surface area contributed by atoms with Crippen LogP contribution in [0.3, 0.4) is 0 Å². The van der Waals surface area contributed by atoms with Crippen LogP contribution in [0.2, 0.25) is 0 Å². The first-order chi connectivity index (χ1) is 9.65. The number of hydrogen-bond acceptors (Lipinski definition) is 3. The third-order valence-corrected chi connectivity index (χ3v) is 4.37. The minimum atomic E-state index is -0.808. The zero-order valence-electron chi connectivity index (χ0n) is 10.9. The van der Waals surface area contributed by atoms with Crippen molar-refractivity contribution in [2.45, 2.75) is 12.8 Å². The lowest BCUT2D eigenvalue weighted by molar-refractivity contribution is -0.138. The van der Waals surface area contributed by atoms with Gasteiger partial charge in [0, 0.05) is 5.56 Å². The lowest BCUT2D eigenvalue weighted by Crippen LogP contribution is -2.06. The van der Waals surface area contributed by atoms with Crippen molar-refractivity contribution in [3.05, 3.63) is 54.1 Å². The summed E-state index contributed by atoms with van der Waals surface area (Å²) in [6.45, 7) is 1.70. The Morgan fingerprint density at radius 2 is 1.95 bits per heavy atom. The quantitative estimate of drug-likeness (QED) is 0.785. The van der Waals surface area contributed by atoms with Gasteiger partial charge in [0.05, 0.1) is 16.1 Å². The van der Waals surface area contributed by atoms with Crippen molar-refractivity contribution in [2.24, 2.45) is 0 Å². The first kappa shape index (κ1) is 12.8. The normalized spacial score (nSPS) is 12.4. The largest absolute Gasteiger partial charge is 0.481 e. The SMILES string of the molecule is CC(C(=O)O)c1ccc2nc(-c3ccccc3)sc2c1. The molecule has 0 amide bonds. The molecule has 0 aliphatic rings. The third kappa shape index (κ3) is 2.30. The number of rotatable bonds is 3. The molecule has 0 saturated heterocycles. The Morgan fingerprint density at radius 3 is 2.65 bits per heavy atom. The second-order valence-electron chi connectivity index (χ2n) is 4.67. The van der Waals surface area contributed by atoms with Gasteiger partial charge in [-0.25, -0.2) is 4.98 Å². The van der Waals surface area contributed by atoms with Crippen molar-refractivity contribution in [3.63, 3.8) is 0 Å². The number of benzene rings is 2. The first-order valence-electron chi connectivity index (χ1n) is 6.34. The molecule has 0 aliphatic heterocycles. The highest BCUT2D eigenvalue weighted by Crippen LogP contribution is 2.31. The van der Waals surface area contributed by atoms with Crippen molar-refractivity contribution in [2.75, 3.05) is 0 Å². The molecule has 0 aliphatic carbocycles. The Hall–Kier alpha value is -2.20. The van der Waals surface area contributed by atoms with Gasteiger partial charge in [0.25, 0.3) is 0 Å². The summed E-state index contributed by atoms with van der Waals surface area (Å²) in [4.78, 5) is 15.6. The van der Waals surface area contributed by atoms with Crippen LogP contribution in [0.25, 0.3) is 20.8 Å². The monoisotopic (exact) mass is 283 g/mol. The van der Waals surface area contributed by atoms with Gasteiger partial charge in [-0.05, 0) is 24.6 Å². The molecular formula is C16H13NO2S. The van der Waals surface area contributed by atoms with Gasteiger partial charge in [0.15, 0.2) is 0 Å². The molecule has 0 radical (unpaired) electrons. The van der Waals surface area contributed by atoms with Crippen molar-refractivity contribution in [3.8, 4) is 10.6 Å². The fourth-order valence-electron chi connectivity index (χ4n) is 2.06. The first-order valence-corrected chi connectivity index (χ1v) is 7.15. The van der Waals surface area contributed by atoms with Crippen LogP contribution in [-0.2, 0) is 4.79 Å². The number of nitrogens with zero attached hydrogens (tertiary/aromatic N) is 1. The molecule has 0 spiro atoms. The van der Waals surface area contributed by atoms with Crippen molar-refractivity contribution >= 4 is 27.5 Å². The van der Waals surface area contributed by atoms with E-state index < -0.39 is 11.9 Å². The van der Waals surface area contributed by atoms with Crippen LogP contribution in [-0.4, -0.2) is 16.1 Å². The molecule has 4 heteroatoms. The molecule has 0 bridgehead atoms. The minimum absolute atomic E-state index is 0.498. The van der Waals surface area contributed by atoms with E-state index in [1.165, 1.54) is 0 Å². The van der Waals surface area contributed by atoms with E-state index in [9.17, 15) is 4.79 Å². The van der Waals surface area contributed by atoms with Gasteiger partial charge in [-0.2, -0.15) is 0 Å². The third-order valence-electron chi connectivity index (χ3n) is 3.30. The van der Waals surface area contributed by atoms with Crippen LogP contribution in [0.15, 0.2) is 48.5 Å². The number of hydrogen-bond donors (Lipinski definition) is 1. The molecule has 3 nitrogen and oxygen atoms in total. The Balaban J connectivity index is 2.06. The van der Waals surface area contributed by atoms with E-state index in [4.69, 9.17) is 5.11 Å².